The Kier molecular flexibility index (Phi) is 7.60. The smallest absolute Gasteiger partial charge is 0.335 e. The largest absolute Gasteiger partial charge is 0.478 e. The summed E-state index contributed by atoms with van der Waals surface area (Å²) >= 11 is 0. The van der Waals surface area contributed by atoms with Gasteiger partial charge in [-0.3, -0.25) is 4.79 Å². The van der Waals surface area contributed by atoms with E-state index < -0.39 is 11.6 Å². The molecule has 2 N–H and O–H groups in total. The van der Waals surface area contributed by atoms with E-state index in [0.717, 1.165) is 31.2 Å². The zero-order valence-corrected chi connectivity index (χ0v) is 16.4. The van der Waals surface area contributed by atoms with Crippen LogP contribution in [-0.4, -0.2) is 45.2 Å². The minimum Gasteiger partial charge on any atom is -0.478 e. The van der Waals surface area contributed by atoms with Crippen molar-refractivity contribution in [3.8, 4) is 0 Å². The average Bonchev–Trinajstić information content (AvgIpc) is 2.98. The quantitative estimate of drug-likeness (QED) is 0.612. The third kappa shape index (κ3) is 6.51. The first-order valence-electron chi connectivity index (χ1n) is 9.83. The minimum absolute atomic E-state index is 0.0813. The van der Waals surface area contributed by atoms with Crippen LogP contribution in [0.15, 0.2) is 36.4 Å². The van der Waals surface area contributed by atoms with Crippen molar-refractivity contribution in [2.75, 3.05) is 6.54 Å². The first kappa shape index (κ1) is 21.2. The van der Waals surface area contributed by atoms with E-state index in [2.05, 4.69) is 13.0 Å². The van der Waals surface area contributed by atoms with Crippen molar-refractivity contribution in [2.45, 2.75) is 70.4 Å². The molecule has 0 spiro atoms. The van der Waals surface area contributed by atoms with Crippen LogP contribution in [0.1, 0.15) is 68.3 Å². The van der Waals surface area contributed by atoms with Crippen molar-refractivity contribution < 1.29 is 19.8 Å². The van der Waals surface area contributed by atoms with Gasteiger partial charge in [0.2, 0.25) is 5.91 Å². The van der Waals surface area contributed by atoms with Crippen molar-refractivity contribution in [3.63, 3.8) is 0 Å². The number of benzene rings is 1. The molecule has 5 nitrogen and oxygen atoms in total. The summed E-state index contributed by atoms with van der Waals surface area (Å²) in [6.45, 7) is 4.60. The molecule has 148 valence electrons. The van der Waals surface area contributed by atoms with Gasteiger partial charge in [0.05, 0.1) is 17.2 Å². The fourth-order valence-corrected chi connectivity index (χ4v) is 3.45. The number of aliphatic hydroxyl groups is 1. The molecule has 1 aromatic rings. The summed E-state index contributed by atoms with van der Waals surface area (Å²) < 4.78 is 0. The van der Waals surface area contributed by atoms with Crippen LogP contribution < -0.4 is 0 Å². The van der Waals surface area contributed by atoms with Gasteiger partial charge in [-0.05, 0) is 50.3 Å². The summed E-state index contributed by atoms with van der Waals surface area (Å²) in [6, 6.07) is 6.88. The van der Waals surface area contributed by atoms with Crippen molar-refractivity contribution in [1.29, 1.82) is 0 Å². The molecule has 1 saturated heterocycles. The van der Waals surface area contributed by atoms with E-state index in [1.807, 2.05) is 17.9 Å². The van der Waals surface area contributed by atoms with Crippen LogP contribution >= 0.6 is 0 Å². The predicted octanol–water partition coefficient (Wildman–Crippen LogP) is 3.81. The number of amides is 1. The standard InChI is InChI=1S/C22H31NO4/c1-3-4-14-22(2,27)15-5-6-19-11-12-20(24)23(19)16-13-17-7-9-18(10-8-17)21(25)26/h5-10,19,27H,3-4,11-16H2,1-2H3,(H,25,26)/b6-5+/t19-,22+/m1/s1. The van der Waals surface area contributed by atoms with Crippen molar-refractivity contribution >= 4 is 11.9 Å². The number of carbonyl (C=O) groups excluding carboxylic acids is 1. The number of nitrogens with zero attached hydrogens (tertiary/aromatic N) is 1. The third-order valence-electron chi connectivity index (χ3n) is 5.20. The molecule has 1 aliphatic rings. The van der Waals surface area contributed by atoms with Crippen LogP contribution in [0.3, 0.4) is 0 Å². The van der Waals surface area contributed by atoms with Gasteiger partial charge in [0.15, 0.2) is 0 Å². The van der Waals surface area contributed by atoms with Crippen LogP contribution in [0.5, 0.6) is 0 Å². The van der Waals surface area contributed by atoms with Gasteiger partial charge >= 0.3 is 5.97 Å². The number of carboxylic acid groups (broad SMARTS) is 1. The van der Waals surface area contributed by atoms with Crippen LogP contribution in [0.25, 0.3) is 0 Å². The highest BCUT2D eigenvalue weighted by Crippen LogP contribution is 2.23. The molecule has 1 amide bonds. The maximum atomic E-state index is 12.2. The van der Waals surface area contributed by atoms with Crippen LogP contribution in [-0.2, 0) is 11.2 Å². The Morgan fingerprint density at radius 1 is 1.33 bits per heavy atom. The molecule has 2 atom stereocenters. The van der Waals surface area contributed by atoms with Gasteiger partial charge in [0.1, 0.15) is 0 Å². The first-order valence-corrected chi connectivity index (χ1v) is 9.83. The number of hydrogen-bond donors (Lipinski definition) is 2. The molecular formula is C22H31NO4. The highest BCUT2D eigenvalue weighted by Gasteiger charge is 2.28. The van der Waals surface area contributed by atoms with E-state index in [-0.39, 0.29) is 17.5 Å². The van der Waals surface area contributed by atoms with E-state index in [1.54, 1.807) is 24.3 Å². The van der Waals surface area contributed by atoms with Gasteiger partial charge in [0, 0.05) is 13.0 Å². The highest BCUT2D eigenvalue weighted by molar-refractivity contribution is 5.87. The lowest BCUT2D eigenvalue weighted by Crippen LogP contribution is -2.33. The molecule has 1 aromatic carbocycles. The number of carboxylic acids is 1. The summed E-state index contributed by atoms with van der Waals surface area (Å²) in [6.07, 6.45) is 9.59. The second-order valence-electron chi connectivity index (χ2n) is 7.68. The molecule has 0 aromatic heterocycles. The fourth-order valence-electron chi connectivity index (χ4n) is 3.45. The molecule has 27 heavy (non-hydrogen) atoms. The van der Waals surface area contributed by atoms with Crippen LogP contribution in [0.4, 0.5) is 0 Å². The SMILES string of the molecule is CCCC[C@](C)(O)C/C=C/[C@@H]1CCC(=O)N1CCc1ccc(C(=O)O)cc1. The van der Waals surface area contributed by atoms with Crippen LogP contribution in [0.2, 0.25) is 0 Å². The summed E-state index contributed by atoms with van der Waals surface area (Å²) in [5.74, 6) is -0.777. The summed E-state index contributed by atoms with van der Waals surface area (Å²) in [5, 5.41) is 19.3. The first-order chi connectivity index (χ1) is 12.8. The van der Waals surface area contributed by atoms with Crippen molar-refractivity contribution in [1.82, 2.24) is 4.90 Å². The number of unbranched alkanes of at least 4 members (excludes halogenated alkanes) is 1. The van der Waals surface area contributed by atoms with Gasteiger partial charge in [-0.1, -0.05) is 44.1 Å². The number of aromatic carboxylic acids is 1. The van der Waals surface area contributed by atoms with Gasteiger partial charge in [-0.15, -0.1) is 0 Å². The average molecular weight is 373 g/mol. The van der Waals surface area contributed by atoms with E-state index >= 15 is 0 Å². The zero-order chi connectivity index (χ0) is 19.9. The van der Waals surface area contributed by atoms with Crippen molar-refractivity contribution in [2.24, 2.45) is 0 Å². The van der Waals surface area contributed by atoms with E-state index in [9.17, 15) is 14.7 Å². The number of carbonyl (C=O) groups is 2. The zero-order valence-electron chi connectivity index (χ0n) is 16.4. The molecule has 0 unspecified atom stereocenters. The molecule has 2 rings (SSSR count). The van der Waals surface area contributed by atoms with Crippen LogP contribution in [0, 0.1) is 0 Å². The monoisotopic (exact) mass is 373 g/mol. The second-order valence-corrected chi connectivity index (χ2v) is 7.68. The highest BCUT2D eigenvalue weighted by atomic mass is 16.4. The summed E-state index contributed by atoms with van der Waals surface area (Å²) in [5.41, 5.74) is 0.600. The molecule has 0 radical (unpaired) electrons. The van der Waals surface area contributed by atoms with E-state index in [1.165, 1.54) is 0 Å². The van der Waals surface area contributed by atoms with E-state index in [0.29, 0.717) is 25.8 Å². The molecule has 0 saturated carbocycles. The molecule has 1 heterocycles. The third-order valence-corrected chi connectivity index (χ3v) is 5.20. The minimum atomic E-state index is -0.934. The number of rotatable bonds is 10. The van der Waals surface area contributed by atoms with Gasteiger partial charge in [-0.25, -0.2) is 4.79 Å². The molecule has 1 aliphatic heterocycles. The van der Waals surface area contributed by atoms with E-state index in [4.69, 9.17) is 5.11 Å². The molecule has 0 aliphatic carbocycles. The topological polar surface area (TPSA) is 77.8 Å². The summed E-state index contributed by atoms with van der Waals surface area (Å²) in [7, 11) is 0. The maximum absolute atomic E-state index is 12.2. The Balaban J connectivity index is 1.89. The summed E-state index contributed by atoms with van der Waals surface area (Å²) in [4.78, 5) is 25.0. The lowest BCUT2D eigenvalue weighted by molar-refractivity contribution is -0.128. The van der Waals surface area contributed by atoms with Gasteiger partial charge in [0.25, 0.3) is 0 Å². The molecule has 0 bridgehead atoms. The number of likely N-dealkylation sites (tertiary alicyclic amines) is 1. The predicted molar refractivity (Wildman–Crippen MR) is 106 cm³/mol. The van der Waals surface area contributed by atoms with Gasteiger partial charge < -0.3 is 15.1 Å². The Bertz CT molecular complexity index is 663. The Hall–Kier alpha value is -2.14. The molecule has 5 heteroatoms. The lowest BCUT2D eigenvalue weighted by Gasteiger charge is -2.24. The Morgan fingerprint density at radius 3 is 2.67 bits per heavy atom. The van der Waals surface area contributed by atoms with Crippen molar-refractivity contribution in [3.05, 3.63) is 47.5 Å². The number of hydrogen-bond acceptors (Lipinski definition) is 3. The lowest BCUT2D eigenvalue weighted by atomic mass is 9.95. The normalized spacial score (nSPS) is 19.6. The fraction of sp³-hybridized carbons (Fsp3) is 0.545. The second kappa shape index (κ2) is 9.70. The van der Waals surface area contributed by atoms with Gasteiger partial charge in [-0.2, -0.15) is 0 Å². The Labute approximate surface area is 161 Å². The molecular weight excluding hydrogens is 342 g/mol. The molecule has 1 fully saturated rings. The maximum Gasteiger partial charge on any atom is 0.335 e. The Morgan fingerprint density at radius 2 is 2.04 bits per heavy atom.